The first-order valence-corrected chi connectivity index (χ1v) is 8.78. The third kappa shape index (κ3) is 3.70. The average Bonchev–Trinajstić information content (AvgIpc) is 3.09. The zero-order valence-corrected chi connectivity index (χ0v) is 13.8. The van der Waals surface area contributed by atoms with E-state index >= 15 is 0 Å². The molecule has 22 heavy (non-hydrogen) atoms. The molecule has 0 bridgehead atoms. The molecule has 1 unspecified atom stereocenters. The Morgan fingerprint density at radius 3 is 2.55 bits per heavy atom. The molecule has 2 aliphatic rings. The van der Waals surface area contributed by atoms with E-state index in [4.69, 9.17) is 0 Å². The van der Waals surface area contributed by atoms with Crippen LogP contribution < -0.4 is 4.90 Å². The van der Waals surface area contributed by atoms with Crippen LogP contribution >= 0.6 is 11.8 Å². The van der Waals surface area contributed by atoms with E-state index in [1.54, 1.807) is 11.8 Å². The van der Waals surface area contributed by atoms with Gasteiger partial charge in [0.15, 0.2) is 5.12 Å². The number of amides is 1. The molecule has 1 aromatic carbocycles. The lowest BCUT2D eigenvalue weighted by Gasteiger charge is -2.18. The van der Waals surface area contributed by atoms with E-state index in [0.717, 1.165) is 12.2 Å². The lowest BCUT2D eigenvalue weighted by Crippen LogP contribution is -2.25. The number of hydrogen-bond acceptors (Lipinski definition) is 4. The average molecular weight is 318 g/mol. The van der Waals surface area contributed by atoms with Crippen LogP contribution in [0.4, 0.5) is 5.69 Å². The highest BCUT2D eigenvalue weighted by Gasteiger charge is 2.31. The smallest absolute Gasteiger partial charge is 0.228 e. The Labute approximate surface area is 135 Å². The van der Waals surface area contributed by atoms with Crippen molar-refractivity contribution in [1.29, 1.82) is 0 Å². The number of thioether (sulfide) groups is 1. The molecule has 118 valence electrons. The summed E-state index contributed by atoms with van der Waals surface area (Å²) in [5, 5.41) is 0.176. The van der Waals surface area contributed by atoms with Crippen molar-refractivity contribution in [3.05, 3.63) is 29.8 Å². The molecule has 4 nitrogen and oxygen atoms in total. The molecule has 0 spiro atoms. The monoisotopic (exact) mass is 318 g/mol. The topological polar surface area (TPSA) is 40.6 Å². The highest BCUT2D eigenvalue weighted by Crippen LogP contribution is 2.29. The summed E-state index contributed by atoms with van der Waals surface area (Å²) in [6, 6.07) is 8.30. The number of benzene rings is 1. The van der Waals surface area contributed by atoms with Crippen molar-refractivity contribution >= 4 is 28.5 Å². The van der Waals surface area contributed by atoms with Gasteiger partial charge in [-0.2, -0.15) is 0 Å². The van der Waals surface area contributed by atoms with Gasteiger partial charge in [0.1, 0.15) is 0 Å². The Hall–Kier alpha value is -1.33. The van der Waals surface area contributed by atoms with Gasteiger partial charge in [0.05, 0.1) is 0 Å². The van der Waals surface area contributed by atoms with E-state index in [-0.39, 0.29) is 16.3 Å². The van der Waals surface area contributed by atoms with Crippen LogP contribution in [0.25, 0.3) is 0 Å². The molecule has 1 atom stereocenters. The Kier molecular flexibility index (Phi) is 4.84. The fraction of sp³-hybridized carbons (Fsp3) is 0.529. The van der Waals surface area contributed by atoms with Crippen molar-refractivity contribution in [2.45, 2.75) is 38.0 Å². The Morgan fingerprint density at radius 1 is 1.23 bits per heavy atom. The third-order valence-electron chi connectivity index (χ3n) is 4.28. The summed E-state index contributed by atoms with van der Waals surface area (Å²) in [6.07, 6.45) is 3.06. The van der Waals surface area contributed by atoms with Gasteiger partial charge < -0.3 is 4.90 Å². The maximum Gasteiger partial charge on any atom is 0.228 e. The van der Waals surface area contributed by atoms with E-state index in [2.05, 4.69) is 17.0 Å². The number of carbonyl (C=O) groups excluding carboxylic acids is 2. The summed E-state index contributed by atoms with van der Waals surface area (Å²) in [5.41, 5.74) is 2.24. The fourth-order valence-electron chi connectivity index (χ4n) is 3.22. The largest absolute Gasteiger partial charge is 0.311 e. The Balaban J connectivity index is 1.62. The maximum atomic E-state index is 12.1. The number of hydrogen-bond donors (Lipinski definition) is 0. The van der Waals surface area contributed by atoms with Crippen molar-refractivity contribution in [3.8, 4) is 0 Å². The molecule has 0 aliphatic carbocycles. The van der Waals surface area contributed by atoms with Crippen LogP contribution in [-0.4, -0.2) is 40.8 Å². The molecule has 1 amide bonds. The number of carbonyl (C=O) groups is 2. The molecule has 2 fully saturated rings. The van der Waals surface area contributed by atoms with Gasteiger partial charge >= 0.3 is 0 Å². The second-order valence-electron chi connectivity index (χ2n) is 6.09. The van der Waals surface area contributed by atoms with Gasteiger partial charge in [0.25, 0.3) is 0 Å². The van der Waals surface area contributed by atoms with E-state index < -0.39 is 0 Å². The van der Waals surface area contributed by atoms with Crippen LogP contribution in [0.3, 0.4) is 0 Å². The zero-order valence-electron chi connectivity index (χ0n) is 13.0. The third-order valence-corrected chi connectivity index (χ3v) is 5.26. The molecule has 0 N–H and O–H groups in total. The van der Waals surface area contributed by atoms with Gasteiger partial charge in [-0.25, -0.2) is 0 Å². The van der Waals surface area contributed by atoms with Crippen LogP contribution in [0.5, 0.6) is 0 Å². The van der Waals surface area contributed by atoms with Crippen molar-refractivity contribution in [3.63, 3.8) is 0 Å². The van der Waals surface area contributed by atoms with Crippen LogP contribution in [0.15, 0.2) is 24.3 Å². The lowest BCUT2D eigenvalue weighted by atomic mass is 10.2. The molecular weight excluding hydrogens is 296 g/mol. The van der Waals surface area contributed by atoms with Gasteiger partial charge in [-0.1, -0.05) is 23.9 Å². The predicted octanol–water partition coefficient (Wildman–Crippen LogP) is 2.67. The van der Waals surface area contributed by atoms with Crippen LogP contribution in [0.1, 0.15) is 31.7 Å². The maximum absolute atomic E-state index is 12.1. The minimum Gasteiger partial charge on any atom is -0.311 e. The molecule has 2 saturated heterocycles. The molecule has 0 aromatic heterocycles. The van der Waals surface area contributed by atoms with E-state index in [9.17, 15) is 9.59 Å². The molecule has 0 saturated carbocycles. The lowest BCUT2D eigenvalue weighted by molar-refractivity contribution is -0.117. The standard InChI is InChI=1S/C17H22N2O2S/c1-13(20)22-16-10-17(21)19(12-16)15-6-4-14(5-7-15)11-18-8-2-3-9-18/h4-7,16H,2-3,8-12H2,1H3. The van der Waals surface area contributed by atoms with Crippen LogP contribution in [0.2, 0.25) is 0 Å². The zero-order chi connectivity index (χ0) is 15.5. The molecule has 1 aromatic rings. The first-order valence-electron chi connectivity index (χ1n) is 7.91. The molecule has 5 heteroatoms. The molecule has 2 heterocycles. The number of nitrogens with zero attached hydrogens (tertiary/aromatic N) is 2. The molecule has 3 rings (SSSR count). The van der Waals surface area contributed by atoms with Gasteiger partial charge in [-0.05, 0) is 43.6 Å². The Bertz CT molecular complexity index is 552. The summed E-state index contributed by atoms with van der Waals surface area (Å²) in [4.78, 5) is 27.6. The summed E-state index contributed by atoms with van der Waals surface area (Å²) < 4.78 is 0. The second-order valence-corrected chi connectivity index (χ2v) is 7.57. The SMILES string of the molecule is CC(=O)SC1CC(=O)N(c2ccc(CN3CCCC3)cc2)C1. The minimum absolute atomic E-state index is 0.0839. The summed E-state index contributed by atoms with van der Waals surface area (Å²) >= 11 is 1.28. The second kappa shape index (κ2) is 6.84. The number of rotatable bonds is 4. The number of likely N-dealkylation sites (tertiary alicyclic amines) is 1. The normalized spacial score (nSPS) is 22.5. The highest BCUT2D eigenvalue weighted by atomic mass is 32.2. The minimum atomic E-state index is 0.0839. The van der Waals surface area contributed by atoms with Crippen LogP contribution in [0, 0.1) is 0 Å². The van der Waals surface area contributed by atoms with Crippen molar-refractivity contribution in [2.24, 2.45) is 0 Å². The van der Waals surface area contributed by atoms with E-state index in [1.165, 1.54) is 43.3 Å². The first-order chi connectivity index (χ1) is 10.6. The fourth-order valence-corrected chi connectivity index (χ4v) is 4.14. The quantitative estimate of drug-likeness (QED) is 0.856. The van der Waals surface area contributed by atoms with Gasteiger partial charge in [0, 0.05) is 37.4 Å². The van der Waals surface area contributed by atoms with Crippen LogP contribution in [-0.2, 0) is 16.1 Å². The van der Waals surface area contributed by atoms with Crippen molar-refractivity contribution in [1.82, 2.24) is 4.90 Å². The molecular formula is C17H22N2O2S. The van der Waals surface area contributed by atoms with E-state index in [0.29, 0.717) is 13.0 Å². The predicted molar refractivity (Wildman–Crippen MR) is 90.0 cm³/mol. The van der Waals surface area contributed by atoms with Gasteiger partial charge in [-0.3, -0.25) is 14.5 Å². The van der Waals surface area contributed by atoms with Crippen molar-refractivity contribution < 1.29 is 9.59 Å². The number of anilines is 1. The summed E-state index contributed by atoms with van der Waals surface area (Å²) in [5.74, 6) is 0.117. The highest BCUT2D eigenvalue weighted by molar-refractivity contribution is 8.14. The first kappa shape index (κ1) is 15.6. The summed E-state index contributed by atoms with van der Waals surface area (Å²) in [6.45, 7) is 5.57. The van der Waals surface area contributed by atoms with Gasteiger partial charge in [0.2, 0.25) is 5.91 Å². The molecule has 2 aliphatic heterocycles. The van der Waals surface area contributed by atoms with Gasteiger partial charge in [-0.15, -0.1) is 0 Å². The van der Waals surface area contributed by atoms with Crippen molar-refractivity contribution in [2.75, 3.05) is 24.5 Å². The Morgan fingerprint density at radius 2 is 1.91 bits per heavy atom. The summed E-state index contributed by atoms with van der Waals surface area (Å²) in [7, 11) is 0. The van der Waals surface area contributed by atoms with E-state index in [1.807, 2.05) is 12.1 Å². The molecule has 0 radical (unpaired) electrons.